The van der Waals surface area contributed by atoms with Gasteiger partial charge in [-0.3, -0.25) is 9.59 Å². The van der Waals surface area contributed by atoms with E-state index < -0.39 is 22.0 Å². The quantitative estimate of drug-likeness (QED) is 0.393. The third-order valence-electron chi connectivity index (χ3n) is 4.91. The summed E-state index contributed by atoms with van der Waals surface area (Å²) >= 11 is 0. The van der Waals surface area contributed by atoms with Crippen molar-refractivity contribution in [2.24, 2.45) is 0 Å². The van der Waals surface area contributed by atoms with E-state index in [9.17, 15) is 22.8 Å². The smallest absolute Gasteiger partial charge is 0.338 e. The summed E-state index contributed by atoms with van der Waals surface area (Å²) in [5.74, 6) is -1.62. The van der Waals surface area contributed by atoms with Crippen LogP contribution in [0.4, 0.5) is 0 Å². The minimum Gasteiger partial charge on any atom is -0.457 e. The van der Waals surface area contributed by atoms with Gasteiger partial charge in [-0.25, -0.2) is 17.9 Å². The average Bonchev–Trinajstić information content (AvgIpc) is 2.86. The molecule has 0 fully saturated rings. The van der Waals surface area contributed by atoms with Gasteiger partial charge in [0.05, 0.1) is 16.9 Å². The molecule has 0 unspecified atom stereocenters. The number of rotatable bonds is 14. The molecule has 2 aromatic rings. The Morgan fingerprint density at radius 3 is 2.26 bits per heavy atom. The Morgan fingerprint density at radius 1 is 0.914 bits per heavy atom. The van der Waals surface area contributed by atoms with E-state index in [2.05, 4.69) is 4.72 Å². The largest absolute Gasteiger partial charge is 0.457 e. The number of benzene rings is 2. The van der Waals surface area contributed by atoms with Gasteiger partial charge in [-0.1, -0.05) is 50.2 Å². The third kappa shape index (κ3) is 9.50. The van der Waals surface area contributed by atoms with Crippen LogP contribution in [0.1, 0.15) is 49.0 Å². The van der Waals surface area contributed by atoms with Crippen LogP contribution in [-0.2, 0) is 35.7 Å². The van der Waals surface area contributed by atoms with Crippen LogP contribution in [-0.4, -0.2) is 57.4 Å². The number of esters is 2. The number of nitrogens with one attached hydrogen (secondary N) is 1. The van der Waals surface area contributed by atoms with Crippen LogP contribution in [0.2, 0.25) is 0 Å². The van der Waals surface area contributed by atoms with Crippen molar-refractivity contribution in [2.45, 2.75) is 44.6 Å². The van der Waals surface area contributed by atoms with Crippen molar-refractivity contribution >= 4 is 27.9 Å². The maximum Gasteiger partial charge on any atom is 0.338 e. The second-order valence-electron chi connectivity index (χ2n) is 7.78. The van der Waals surface area contributed by atoms with Crippen molar-refractivity contribution in [2.75, 3.05) is 26.2 Å². The summed E-state index contributed by atoms with van der Waals surface area (Å²) in [5, 5.41) is 0. The minimum absolute atomic E-state index is 0.0637. The summed E-state index contributed by atoms with van der Waals surface area (Å²) < 4.78 is 37.7. The molecule has 0 radical (unpaired) electrons. The fraction of sp³-hybridized carbons (Fsp3) is 0.400. The molecule has 9 nitrogen and oxygen atoms in total. The highest BCUT2D eigenvalue weighted by Gasteiger charge is 2.18. The molecule has 2 rings (SSSR count). The molecule has 0 bridgehead atoms. The van der Waals surface area contributed by atoms with Crippen molar-refractivity contribution in [3.05, 3.63) is 65.7 Å². The SMILES string of the molecule is CCCN(CCC)C(=O)COC(=O)CCNS(=O)(=O)c1cccc(C(=O)OCc2ccccc2)c1. The first-order valence-electron chi connectivity index (χ1n) is 11.5. The van der Waals surface area contributed by atoms with Gasteiger partial charge in [0.25, 0.3) is 5.91 Å². The van der Waals surface area contributed by atoms with E-state index in [4.69, 9.17) is 9.47 Å². The summed E-state index contributed by atoms with van der Waals surface area (Å²) in [7, 11) is -3.98. The zero-order chi connectivity index (χ0) is 25.7. The molecule has 0 saturated carbocycles. The van der Waals surface area contributed by atoms with Crippen LogP contribution in [0, 0.1) is 0 Å². The molecule has 0 aromatic heterocycles. The molecule has 190 valence electrons. The molecule has 0 aliphatic carbocycles. The predicted octanol–water partition coefficient (Wildman–Crippen LogP) is 2.90. The Hall–Kier alpha value is -3.24. The lowest BCUT2D eigenvalue weighted by atomic mass is 10.2. The van der Waals surface area contributed by atoms with E-state index in [1.165, 1.54) is 24.3 Å². The van der Waals surface area contributed by atoms with Crippen LogP contribution >= 0.6 is 0 Å². The third-order valence-corrected chi connectivity index (χ3v) is 6.37. The maximum absolute atomic E-state index is 12.6. The lowest BCUT2D eigenvalue weighted by Crippen LogP contribution is -2.36. The molecular weight excluding hydrogens is 472 g/mol. The Labute approximate surface area is 206 Å². The van der Waals surface area contributed by atoms with Crippen LogP contribution in [0.5, 0.6) is 0 Å². The molecule has 0 atom stereocenters. The molecule has 2 aromatic carbocycles. The number of carbonyl (C=O) groups is 3. The van der Waals surface area contributed by atoms with Crippen LogP contribution in [0.3, 0.4) is 0 Å². The lowest BCUT2D eigenvalue weighted by molar-refractivity contribution is -0.151. The molecular formula is C25H32N2O7S. The van der Waals surface area contributed by atoms with Crippen molar-refractivity contribution in [1.29, 1.82) is 0 Å². The van der Waals surface area contributed by atoms with E-state index in [-0.39, 0.29) is 42.5 Å². The van der Waals surface area contributed by atoms with E-state index in [0.717, 1.165) is 18.4 Å². The molecule has 1 amide bonds. The second-order valence-corrected chi connectivity index (χ2v) is 9.55. The normalized spacial score (nSPS) is 11.0. The van der Waals surface area contributed by atoms with Crippen LogP contribution < -0.4 is 4.72 Å². The van der Waals surface area contributed by atoms with Crippen LogP contribution in [0.25, 0.3) is 0 Å². The van der Waals surface area contributed by atoms with E-state index in [1.54, 1.807) is 4.90 Å². The number of ether oxygens (including phenoxy) is 2. The van der Waals surface area contributed by atoms with Gasteiger partial charge in [-0.2, -0.15) is 0 Å². The number of sulfonamides is 1. The van der Waals surface area contributed by atoms with Gasteiger partial charge in [0.1, 0.15) is 6.61 Å². The van der Waals surface area contributed by atoms with Gasteiger partial charge in [-0.05, 0) is 36.6 Å². The highest BCUT2D eigenvalue weighted by molar-refractivity contribution is 7.89. The molecule has 35 heavy (non-hydrogen) atoms. The first kappa shape index (κ1) is 28.0. The van der Waals surface area contributed by atoms with Crippen molar-refractivity contribution in [1.82, 2.24) is 9.62 Å². The Bertz CT molecular complexity index is 1080. The Balaban J connectivity index is 1.84. The lowest BCUT2D eigenvalue weighted by Gasteiger charge is -2.21. The van der Waals surface area contributed by atoms with Gasteiger partial charge in [0, 0.05) is 19.6 Å². The summed E-state index contributed by atoms with van der Waals surface area (Å²) in [4.78, 5) is 37.9. The summed E-state index contributed by atoms with van der Waals surface area (Å²) in [6, 6.07) is 14.6. The van der Waals surface area contributed by atoms with Crippen molar-refractivity contribution < 1.29 is 32.3 Å². The monoisotopic (exact) mass is 504 g/mol. The fourth-order valence-corrected chi connectivity index (χ4v) is 4.25. The van der Waals surface area contributed by atoms with Gasteiger partial charge >= 0.3 is 11.9 Å². The van der Waals surface area contributed by atoms with Crippen LogP contribution in [0.15, 0.2) is 59.5 Å². The first-order chi connectivity index (χ1) is 16.8. The summed E-state index contributed by atoms with van der Waals surface area (Å²) in [6.07, 6.45) is 1.35. The summed E-state index contributed by atoms with van der Waals surface area (Å²) in [5.41, 5.74) is 0.897. The zero-order valence-electron chi connectivity index (χ0n) is 20.1. The molecule has 0 saturated heterocycles. The van der Waals surface area contributed by atoms with E-state index >= 15 is 0 Å². The Morgan fingerprint density at radius 2 is 1.60 bits per heavy atom. The molecule has 1 N–H and O–H groups in total. The number of carbonyl (C=O) groups excluding carboxylic acids is 3. The predicted molar refractivity (Wildman–Crippen MR) is 130 cm³/mol. The second kappa shape index (κ2) is 14.2. The van der Waals surface area contributed by atoms with Gasteiger partial charge in [0.2, 0.25) is 10.0 Å². The van der Waals surface area contributed by atoms with Gasteiger partial charge in [-0.15, -0.1) is 0 Å². The highest BCUT2D eigenvalue weighted by atomic mass is 32.2. The number of nitrogens with zero attached hydrogens (tertiary/aromatic N) is 1. The molecule has 0 spiro atoms. The summed E-state index contributed by atoms with van der Waals surface area (Å²) in [6.45, 7) is 4.55. The van der Waals surface area contributed by atoms with Crippen molar-refractivity contribution in [3.63, 3.8) is 0 Å². The molecule has 0 aliphatic heterocycles. The topological polar surface area (TPSA) is 119 Å². The van der Waals surface area contributed by atoms with Gasteiger partial charge in [0.15, 0.2) is 6.61 Å². The van der Waals surface area contributed by atoms with Crippen molar-refractivity contribution in [3.8, 4) is 0 Å². The standard InChI is InChI=1S/C25H32N2O7S/c1-3-15-27(16-4-2)23(28)19-33-24(29)13-14-26-35(31,32)22-12-8-11-21(17-22)25(30)34-18-20-9-6-5-7-10-20/h5-12,17,26H,3-4,13-16,18-19H2,1-2H3. The minimum atomic E-state index is -3.98. The fourth-order valence-electron chi connectivity index (χ4n) is 3.17. The maximum atomic E-state index is 12.6. The Kier molecular flexibility index (Phi) is 11.4. The van der Waals surface area contributed by atoms with Gasteiger partial charge < -0.3 is 14.4 Å². The number of hydrogen-bond donors (Lipinski definition) is 1. The first-order valence-corrected chi connectivity index (χ1v) is 13.0. The highest BCUT2D eigenvalue weighted by Crippen LogP contribution is 2.13. The number of hydrogen-bond acceptors (Lipinski definition) is 7. The average molecular weight is 505 g/mol. The molecule has 0 aliphatic rings. The van der Waals surface area contributed by atoms with E-state index in [1.807, 2.05) is 44.2 Å². The molecule has 0 heterocycles. The van der Waals surface area contributed by atoms with E-state index in [0.29, 0.717) is 13.1 Å². The molecule has 10 heteroatoms. The zero-order valence-corrected chi connectivity index (χ0v) is 20.9. The number of amides is 1.